The van der Waals surface area contributed by atoms with Crippen LogP contribution in [0.15, 0.2) is 12.1 Å². The minimum absolute atomic E-state index is 0.0979. The smallest absolute Gasteiger partial charge is 0.227 e. The van der Waals surface area contributed by atoms with E-state index in [9.17, 15) is 9.59 Å². The average Bonchev–Trinajstić information content (AvgIpc) is 2.62. The van der Waals surface area contributed by atoms with Gasteiger partial charge in [0.1, 0.15) is 13.2 Å². The van der Waals surface area contributed by atoms with Crippen molar-refractivity contribution in [2.45, 2.75) is 33.6 Å². The minimum Gasteiger partial charge on any atom is -0.486 e. The van der Waals surface area contributed by atoms with Gasteiger partial charge in [-0.3, -0.25) is 9.59 Å². The Bertz CT molecular complexity index is 679. The van der Waals surface area contributed by atoms with Crippen LogP contribution in [0.25, 0.3) is 0 Å². The van der Waals surface area contributed by atoms with Crippen molar-refractivity contribution in [3.05, 3.63) is 23.3 Å². The van der Waals surface area contributed by atoms with Crippen LogP contribution >= 0.6 is 0 Å². The number of hydrogen-bond donors (Lipinski definition) is 0. The summed E-state index contributed by atoms with van der Waals surface area (Å²) in [5, 5.41) is 0. The summed E-state index contributed by atoms with van der Waals surface area (Å²) >= 11 is 0. The van der Waals surface area contributed by atoms with E-state index in [0.717, 1.165) is 16.9 Å². The molecule has 2 aliphatic heterocycles. The SMILES string of the molecule is Cc1cc2c(cc1CC(=O)N1CCN(C(=O)CC(C)C)CC1)OCCO2. The van der Waals surface area contributed by atoms with E-state index in [1.807, 2.05) is 42.7 Å². The Labute approximate surface area is 155 Å². The minimum atomic E-state index is 0.0979. The lowest BCUT2D eigenvalue weighted by molar-refractivity contribution is -0.139. The molecule has 1 fully saturated rings. The van der Waals surface area contributed by atoms with Gasteiger partial charge >= 0.3 is 0 Å². The van der Waals surface area contributed by atoms with Crippen molar-refractivity contribution in [1.29, 1.82) is 0 Å². The number of hydrogen-bond acceptors (Lipinski definition) is 4. The molecule has 0 atom stereocenters. The molecule has 0 aliphatic carbocycles. The van der Waals surface area contributed by atoms with Crippen LogP contribution in [0.1, 0.15) is 31.4 Å². The maximum atomic E-state index is 12.7. The molecule has 3 rings (SSSR count). The first-order chi connectivity index (χ1) is 12.4. The molecule has 2 heterocycles. The lowest BCUT2D eigenvalue weighted by atomic mass is 10.0. The van der Waals surface area contributed by atoms with Crippen molar-refractivity contribution < 1.29 is 19.1 Å². The molecule has 0 unspecified atom stereocenters. The molecule has 26 heavy (non-hydrogen) atoms. The van der Waals surface area contributed by atoms with E-state index in [1.54, 1.807) is 0 Å². The van der Waals surface area contributed by atoms with Crippen LogP contribution in [0.2, 0.25) is 0 Å². The fourth-order valence-electron chi connectivity index (χ4n) is 3.38. The van der Waals surface area contributed by atoms with Crippen LogP contribution in [0.3, 0.4) is 0 Å². The number of piperazine rings is 1. The Hall–Kier alpha value is -2.24. The van der Waals surface area contributed by atoms with Crippen molar-refractivity contribution in [3.63, 3.8) is 0 Å². The summed E-state index contributed by atoms with van der Waals surface area (Å²) in [4.78, 5) is 28.6. The van der Waals surface area contributed by atoms with Crippen LogP contribution in [0.5, 0.6) is 11.5 Å². The number of amides is 2. The first kappa shape index (κ1) is 18.5. The molecule has 0 N–H and O–H groups in total. The average molecular weight is 360 g/mol. The summed E-state index contributed by atoms with van der Waals surface area (Å²) < 4.78 is 11.2. The van der Waals surface area contributed by atoms with Gasteiger partial charge in [-0.15, -0.1) is 0 Å². The molecule has 1 aromatic carbocycles. The topological polar surface area (TPSA) is 59.1 Å². The van der Waals surface area contributed by atoms with Crippen LogP contribution in [0, 0.1) is 12.8 Å². The molecule has 142 valence electrons. The van der Waals surface area contributed by atoms with E-state index < -0.39 is 0 Å². The van der Waals surface area contributed by atoms with E-state index in [-0.39, 0.29) is 11.8 Å². The standard InChI is InChI=1S/C20H28N2O4/c1-14(2)10-19(23)21-4-6-22(7-5-21)20(24)13-16-12-18-17(11-15(16)3)25-8-9-26-18/h11-12,14H,4-10,13H2,1-3H3. The van der Waals surface area contributed by atoms with Crippen molar-refractivity contribution in [2.75, 3.05) is 39.4 Å². The monoisotopic (exact) mass is 360 g/mol. The van der Waals surface area contributed by atoms with E-state index >= 15 is 0 Å². The van der Waals surface area contributed by atoms with Gasteiger partial charge in [-0.05, 0) is 36.1 Å². The van der Waals surface area contributed by atoms with E-state index in [4.69, 9.17) is 9.47 Å². The fourth-order valence-corrected chi connectivity index (χ4v) is 3.38. The van der Waals surface area contributed by atoms with Gasteiger partial charge in [0.25, 0.3) is 0 Å². The molecule has 0 saturated carbocycles. The summed E-state index contributed by atoms with van der Waals surface area (Å²) in [7, 11) is 0. The van der Waals surface area contributed by atoms with Gasteiger partial charge < -0.3 is 19.3 Å². The molecule has 0 bridgehead atoms. The number of carbonyl (C=O) groups is 2. The number of aryl methyl sites for hydroxylation is 1. The number of ether oxygens (including phenoxy) is 2. The Kier molecular flexibility index (Phi) is 5.69. The summed E-state index contributed by atoms with van der Waals surface area (Å²) in [5.41, 5.74) is 2.01. The molecule has 1 aromatic rings. The van der Waals surface area contributed by atoms with Crippen molar-refractivity contribution in [1.82, 2.24) is 9.80 Å². The number of fused-ring (bicyclic) bond motifs is 1. The zero-order chi connectivity index (χ0) is 18.7. The highest BCUT2D eigenvalue weighted by atomic mass is 16.6. The van der Waals surface area contributed by atoms with E-state index in [2.05, 4.69) is 0 Å². The third-order valence-corrected chi connectivity index (χ3v) is 4.91. The third-order valence-electron chi connectivity index (χ3n) is 4.91. The van der Waals surface area contributed by atoms with Crippen molar-refractivity contribution in [3.8, 4) is 11.5 Å². The third kappa shape index (κ3) is 4.29. The quantitative estimate of drug-likeness (QED) is 0.824. The fraction of sp³-hybridized carbons (Fsp3) is 0.600. The second kappa shape index (κ2) is 7.98. The molecule has 0 radical (unpaired) electrons. The predicted octanol–water partition coefficient (Wildman–Crippen LogP) is 2.03. The predicted molar refractivity (Wildman–Crippen MR) is 98.5 cm³/mol. The second-order valence-electron chi connectivity index (χ2n) is 7.46. The lowest BCUT2D eigenvalue weighted by Crippen LogP contribution is -2.51. The molecule has 6 nitrogen and oxygen atoms in total. The largest absolute Gasteiger partial charge is 0.486 e. The second-order valence-corrected chi connectivity index (χ2v) is 7.46. The Morgan fingerprint density at radius 3 is 2.08 bits per heavy atom. The molecule has 6 heteroatoms. The van der Waals surface area contributed by atoms with Gasteiger partial charge in [0, 0.05) is 32.6 Å². The van der Waals surface area contributed by atoms with Gasteiger partial charge in [0.15, 0.2) is 11.5 Å². The highest BCUT2D eigenvalue weighted by Gasteiger charge is 2.25. The lowest BCUT2D eigenvalue weighted by Gasteiger charge is -2.35. The van der Waals surface area contributed by atoms with E-state index in [1.165, 1.54) is 0 Å². The van der Waals surface area contributed by atoms with Gasteiger partial charge in [0.05, 0.1) is 6.42 Å². The van der Waals surface area contributed by atoms with Crippen molar-refractivity contribution in [2.24, 2.45) is 5.92 Å². The normalized spacial score (nSPS) is 16.8. The number of rotatable bonds is 4. The van der Waals surface area contributed by atoms with Gasteiger partial charge in [0.2, 0.25) is 11.8 Å². The Balaban J connectivity index is 1.57. The molecule has 1 saturated heterocycles. The Morgan fingerprint density at radius 2 is 1.50 bits per heavy atom. The molecule has 0 aromatic heterocycles. The molecular formula is C20H28N2O4. The highest BCUT2D eigenvalue weighted by Crippen LogP contribution is 2.33. The highest BCUT2D eigenvalue weighted by molar-refractivity contribution is 5.80. The van der Waals surface area contributed by atoms with Crippen LogP contribution in [0.4, 0.5) is 0 Å². The number of benzene rings is 1. The first-order valence-corrected chi connectivity index (χ1v) is 9.38. The van der Waals surface area contributed by atoms with Crippen LogP contribution < -0.4 is 9.47 Å². The molecule has 2 amide bonds. The summed E-state index contributed by atoms with van der Waals surface area (Å²) in [6.45, 7) is 9.64. The zero-order valence-electron chi connectivity index (χ0n) is 15.9. The zero-order valence-corrected chi connectivity index (χ0v) is 15.9. The summed E-state index contributed by atoms with van der Waals surface area (Å²) in [6.07, 6.45) is 0.923. The molecular weight excluding hydrogens is 332 g/mol. The molecule has 2 aliphatic rings. The molecule has 0 spiro atoms. The summed E-state index contributed by atoms with van der Waals surface area (Å²) in [5.74, 6) is 2.12. The van der Waals surface area contributed by atoms with Crippen molar-refractivity contribution >= 4 is 11.8 Å². The van der Waals surface area contributed by atoms with Gasteiger partial charge in [-0.2, -0.15) is 0 Å². The maximum Gasteiger partial charge on any atom is 0.227 e. The Morgan fingerprint density at radius 1 is 0.962 bits per heavy atom. The van der Waals surface area contributed by atoms with Crippen LogP contribution in [-0.4, -0.2) is 61.0 Å². The number of nitrogens with zero attached hydrogens (tertiary/aromatic N) is 2. The van der Waals surface area contributed by atoms with Crippen LogP contribution in [-0.2, 0) is 16.0 Å². The first-order valence-electron chi connectivity index (χ1n) is 9.38. The van der Waals surface area contributed by atoms with Gasteiger partial charge in [-0.25, -0.2) is 0 Å². The number of carbonyl (C=O) groups excluding carboxylic acids is 2. The van der Waals surface area contributed by atoms with Gasteiger partial charge in [-0.1, -0.05) is 13.8 Å². The maximum absolute atomic E-state index is 12.7. The summed E-state index contributed by atoms with van der Waals surface area (Å²) in [6, 6.07) is 3.86. The van der Waals surface area contributed by atoms with E-state index in [0.29, 0.717) is 63.9 Å².